The van der Waals surface area contributed by atoms with E-state index in [4.69, 9.17) is 21.7 Å². The van der Waals surface area contributed by atoms with Crippen LogP contribution in [0.5, 0.6) is 11.5 Å². The second-order valence-corrected chi connectivity index (χ2v) is 6.20. The van der Waals surface area contributed by atoms with Gasteiger partial charge in [0, 0.05) is 5.71 Å². The molecule has 8 heteroatoms. The summed E-state index contributed by atoms with van der Waals surface area (Å²) >= 11 is 8.44. The molecule has 2 N–H and O–H groups in total. The zero-order valence-corrected chi connectivity index (χ0v) is 15.3. The minimum atomic E-state index is -0.613. The zero-order chi connectivity index (χ0) is 17.1. The fourth-order valence-electron chi connectivity index (χ4n) is 2.47. The molecule has 23 heavy (non-hydrogen) atoms. The number of esters is 1. The van der Waals surface area contributed by atoms with Crippen LogP contribution in [-0.4, -0.2) is 35.6 Å². The highest BCUT2D eigenvalue weighted by molar-refractivity contribution is 9.10. The molecule has 1 aliphatic rings. The van der Waals surface area contributed by atoms with Crippen molar-refractivity contribution in [1.82, 2.24) is 5.32 Å². The minimum absolute atomic E-state index is 0.00833. The Morgan fingerprint density at radius 1 is 1.52 bits per heavy atom. The molecule has 1 heterocycles. The van der Waals surface area contributed by atoms with Gasteiger partial charge >= 0.3 is 5.97 Å². The Hall–Kier alpha value is -1.67. The van der Waals surface area contributed by atoms with Gasteiger partial charge in [-0.25, -0.2) is 4.99 Å². The van der Waals surface area contributed by atoms with E-state index in [0.29, 0.717) is 27.7 Å². The second-order valence-electron chi connectivity index (χ2n) is 4.96. The first kappa shape index (κ1) is 17.7. The quantitative estimate of drug-likeness (QED) is 0.597. The van der Waals surface area contributed by atoms with Gasteiger partial charge in [0.25, 0.3) is 0 Å². The molecular formula is C15H17BrN2O4S. The lowest BCUT2D eigenvalue weighted by atomic mass is 9.88. The molecule has 0 saturated carbocycles. The zero-order valence-electron chi connectivity index (χ0n) is 12.9. The Labute approximate surface area is 148 Å². The number of phenolic OH excluding ortho intramolecular Hbond substituents is 1. The Kier molecular flexibility index (Phi) is 5.59. The number of nitrogens with one attached hydrogen (secondary N) is 1. The predicted molar refractivity (Wildman–Crippen MR) is 94.1 cm³/mol. The first-order chi connectivity index (χ1) is 10.9. The van der Waals surface area contributed by atoms with Crippen LogP contribution < -0.4 is 10.1 Å². The van der Waals surface area contributed by atoms with Crippen LogP contribution in [-0.2, 0) is 9.53 Å². The summed E-state index contributed by atoms with van der Waals surface area (Å²) in [6.07, 6.45) is 0. The Morgan fingerprint density at radius 3 is 2.83 bits per heavy atom. The number of aromatic hydroxyl groups is 1. The fraction of sp³-hybridized carbons (Fsp3) is 0.400. The molecule has 0 aromatic heterocycles. The van der Waals surface area contributed by atoms with E-state index in [0.717, 1.165) is 5.56 Å². The number of rotatable bonds is 4. The molecule has 124 valence electrons. The number of carbonyl (C=O) groups is 1. The van der Waals surface area contributed by atoms with Crippen LogP contribution in [0.4, 0.5) is 0 Å². The van der Waals surface area contributed by atoms with Crippen molar-refractivity contribution in [2.45, 2.75) is 19.9 Å². The molecule has 2 rings (SSSR count). The summed E-state index contributed by atoms with van der Waals surface area (Å²) in [6, 6.07) is 2.94. The lowest BCUT2D eigenvalue weighted by Gasteiger charge is -2.31. The summed E-state index contributed by atoms with van der Waals surface area (Å²) in [5.41, 5.74) is 1.30. The molecular weight excluding hydrogens is 384 g/mol. The number of methoxy groups -OCH3 is 1. The van der Waals surface area contributed by atoms with E-state index < -0.39 is 17.9 Å². The summed E-state index contributed by atoms with van der Waals surface area (Å²) in [6.45, 7) is 3.96. The van der Waals surface area contributed by atoms with E-state index in [2.05, 4.69) is 26.2 Å². The normalized spacial score (nSPS) is 20.5. The third-order valence-corrected chi connectivity index (χ3v) is 4.32. The first-order valence-corrected chi connectivity index (χ1v) is 8.17. The van der Waals surface area contributed by atoms with E-state index in [1.165, 1.54) is 7.11 Å². The molecule has 0 amide bonds. The molecule has 0 spiro atoms. The van der Waals surface area contributed by atoms with E-state index >= 15 is 0 Å². The average Bonchev–Trinajstić information content (AvgIpc) is 2.50. The first-order valence-electron chi connectivity index (χ1n) is 6.97. The Morgan fingerprint density at radius 2 is 2.22 bits per heavy atom. The van der Waals surface area contributed by atoms with Gasteiger partial charge in [-0.3, -0.25) is 4.79 Å². The van der Waals surface area contributed by atoms with Gasteiger partial charge in [-0.15, -0.1) is 0 Å². The molecule has 0 radical (unpaired) electrons. The SMILES string of the molecule is CCOc1cc(C2NC(=S)N=C(C)C2C(=O)OC)cc(Br)c1O. The number of aliphatic imine (C=N–C) groups is 1. The number of benzene rings is 1. The van der Waals surface area contributed by atoms with Crippen LogP contribution in [0.25, 0.3) is 0 Å². The topological polar surface area (TPSA) is 80.2 Å². The van der Waals surface area contributed by atoms with Crippen molar-refractivity contribution in [3.8, 4) is 11.5 Å². The van der Waals surface area contributed by atoms with Crippen molar-refractivity contribution in [3.05, 3.63) is 22.2 Å². The largest absolute Gasteiger partial charge is 0.503 e. The highest BCUT2D eigenvalue weighted by atomic mass is 79.9. The van der Waals surface area contributed by atoms with Gasteiger partial charge in [0.2, 0.25) is 0 Å². The summed E-state index contributed by atoms with van der Waals surface area (Å²) in [5.74, 6) is -0.687. The standard InChI is InChI=1S/C15H17BrN2O4S/c1-4-22-10-6-8(5-9(16)13(10)19)12-11(14(20)21-3)7(2)17-15(23)18-12/h5-6,11-12,19H,4H2,1-3H3,(H,18,23). The molecule has 0 bridgehead atoms. The van der Waals surface area contributed by atoms with Crippen LogP contribution in [0.3, 0.4) is 0 Å². The lowest BCUT2D eigenvalue weighted by Crippen LogP contribution is -2.44. The lowest BCUT2D eigenvalue weighted by molar-refractivity contribution is -0.143. The van der Waals surface area contributed by atoms with Crippen LogP contribution in [0, 0.1) is 5.92 Å². The Bertz CT molecular complexity index is 678. The average molecular weight is 401 g/mol. The molecule has 1 aromatic rings. The molecule has 0 aliphatic carbocycles. The smallest absolute Gasteiger partial charge is 0.316 e. The molecule has 2 atom stereocenters. The maximum atomic E-state index is 12.2. The highest BCUT2D eigenvalue weighted by Crippen LogP contribution is 2.39. The second kappa shape index (κ2) is 7.27. The van der Waals surface area contributed by atoms with Crippen molar-refractivity contribution < 1.29 is 19.4 Å². The van der Waals surface area contributed by atoms with Crippen molar-refractivity contribution in [1.29, 1.82) is 0 Å². The maximum absolute atomic E-state index is 12.2. The molecule has 6 nitrogen and oxygen atoms in total. The van der Waals surface area contributed by atoms with Gasteiger partial charge in [-0.2, -0.15) is 0 Å². The number of carbonyl (C=O) groups excluding carboxylic acids is 1. The van der Waals surface area contributed by atoms with Gasteiger partial charge < -0.3 is 19.9 Å². The number of phenols is 1. The van der Waals surface area contributed by atoms with Crippen molar-refractivity contribution in [3.63, 3.8) is 0 Å². The van der Waals surface area contributed by atoms with Crippen molar-refractivity contribution >= 4 is 44.9 Å². The summed E-state index contributed by atoms with van der Waals surface area (Å²) < 4.78 is 10.8. The Balaban J connectivity index is 2.51. The summed E-state index contributed by atoms with van der Waals surface area (Å²) in [7, 11) is 1.33. The number of nitrogens with zero attached hydrogens (tertiary/aromatic N) is 1. The van der Waals surface area contributed by atoms with E-state index in [1.807, 2.05) is 6.92 Å². The van der Waals surface area contributed by atoms with E-state index in [-0.39, 0.29) is 5.75 Å². The predicted octanol–water partition coefficient (Wildman–Crippen LogP) is 2.73. The third-order valence-electron chi connectivity index (χ3n) is 3.51. The monoisotopic (exact) mass is 400 g/mol. The van der Waals surface area contributed by atoms with E-state index in [1.54, 1.807) is 19.1 Å². The summed E-state index contributed by atoms with van der Waals surface area (Å²) in [5, 5.41) is 13.4. The van der Waals surface area contributed by atoms with E-state index in [9.17, 15) is 9.90 Å². The maximum Gasteiger partial charge on any atom is 0.316 e. The van der Waals surface area contributed by atoms with Crippen molar-refractivity contribution in [2.24, 2.45) is 10.9 Å². The fourth-order valence-corrected chi connectivity index (χ4v) is 3.20. The molecule has 0 fully saturated rings. The summed E-state index contributed by atoms with van der Waals surface area (Å²) in [4.78, 5) is 16.3. The number of halogens is 1. The van der Waals surface area contributed by atoms with Crippen LogP contribution >= 0.6 is 28.1 Å². The molecule has 1 aromatic carbocycles. The number of hydrogen-bond acceptors (Lipinski definition) is 5. The van der Waals surface area contributed by atoms with Gasteiger partial charge in [0.05, 0.1) is 24.2 Å². The minimum Gasteiger partial charge on any atom is -0.503 e. The molecule has 0 saturated heterocycles. The van der Waals surface area contributed by atoms with Gasteiger partial charge in [0.15, 0.2) is 16.6 Å². The van der Waals surface area contributed by atoms with Crippen LogP contribution in [0.2, 0.25) is 0 Å². The van der Waals surface area contributed by atoms with Crippen LogP contribution in [0.15, 0.2) is 21.6 Å². The van der Waals surface area contributed by atoms with Crippen LogP contribution in [0.1, 0.15) is 25.5 Å². The number of hydrogen-bond donors (Lipinski definition) is 2. The van der Waals surface area contributed by atoms with Gasteiger partial charge in [0.1, 0.15) is 5.92 Å². The third kappa shape index (κ3) is 3.64. The van der Waals surface area contributed by atoms with Gasteiger partial charge in [-0.05, 0) is 59.7 Å². The molecule has 2 unspecified atom stereocenters. The molecule has 1 aliphatic heterocycles. The van der Waals surface area contributed by atoms with Gasteiger partial charge in [-0.1, -0.05) is 0 Å². The van der Waals surface area contributed by atoms with Crippen molar-refractivity contribution in [2.75, 3.05) is 13.7 Å². The highest BCUT2D eigenvalue weighted by Gasteiger charge is 2.37. The number of thiocarbonyl (C=S) groups is 1. The number of ether oxygens (including phenoxy) is 2.